The van der Waals surface area contributed by atoms with E-state index in [9.17, 15) is 14.4 Å². The van der Waals surface area contributed by atoms with Gasteiger partial charge in [-0.1, -0.05) is 12.1 Å². The summed E-state index contributed by atoms with van der Waals surface area (Å²) in [4.78, 5) is 40.5. The molecule has 2 aromatic carbocycles. The van der Waals surface area contributed by atoms with Gasteiger partial charge < -0.3 is 24.8 Å². The summed E-state index contributed by atoms with van der Waals surface area (Å²) in [5.74, 6) is 0.0623. The molecule has 9 nitrogen and oxygen atoms in total. The summed E-state index contributed by atoms with van der Waals surface area (Å²) in [6.45, 7) is -0.361. The van der Waals surface area contributed by atoms with Crippen LogP contribution in [-0.4, -0.2) is 56.4 Å². The lowest BCUT2D eigenvalue weighted by Crippen LogP contribution is -2.49. The van der Waals surface area contributed by atoms with Crippen LogP contribution in [0.1, 0.15) is 11.6 Å². The number of esters is 1. The van der Waals surface area contributed by atoms with Crippen molar-refractivity contribution in [2.75, 3.05) is 38.9 Å². The molecule has 1 atom stereocenters. The second-order valence-electron chi connectivity index (χ2n) is 7.33. The molecule has 2 heterocycles. The van der Waals surface area contributed by atoms with Crippen molar-refractivity contribution in [1.29, 1.82) is 0 Å². The number of benzene rings is 2. The molecule has 2 aliphatic heterocycles. The Balaban J connectivity index is 1.56. The second-order valence-corrected chi connectivity index (χ2v) is 8.21. The third-order valence-corrected chi connectivity index (χ3v) is 6.13. The maximum absolute atomic E-state index is 12.9. The number of ether oxygens (including phenoxy) is 3. The summed E-state index contributed by atoms with van der Waals surface area (Å²) in [6, 6.07) is 11.4. The average molecular weight is 470 g/mol. The zero-order chi connectivity index (χ0) is 23.5. The van der Waals surface area contributed by atoms with Gasteiger partial charge in [-0.2, -0.15) is 0 Å². The molecule has 0 saturated carbocycles. The summed E-state index contributed by atoms with van der Waals surface area (Å²) < 4.78 is 15.6. The van der Waals surface area contributed by atoms with Crippen LogP contribution in [0.25, 0.3) is 0 Å². The van der Waals surface area contributed by atoms with E-state index in [-0.39, 0.29) is 13.2 Å². The molecule has 0 saturated heterocycles. The standard InChI is InChI=1S/C23H23N3O6S/c1-30-15-8-14(9-16(10-15)31-2)24-19(27)11-26-18-12-32-22(28)20(18)21(25-23(26)29)13-4-6-17(33-3)7-5-13/h4-10,21H,11-12H2,1-3H3,(H,24,27)(H,25,29)/t21-/m1/s1. The van der Waals surface area contributed by atoms with Gasteiger partial charge in [-0.25, -0.2) is 9.59 Å². The summed E-state index contributed by atoms with van der Waals surface area (Å²) in [7, 11) is 3.02. The van der Waals surface area contributed by atoms with Crippen molar-refractivity contribution in [1.82, 2.24) is 10.2 Å². The van der Waals surface area contributed by atoms with E-state index in [0.717, 1.165) is 10.5 Å². The lowest BCUT2D eigenvalue weighted by atomic mass is 9.96. The highest BCUT2D eigenvalue weighted by molar-refractivity contribution is 7.98. The monoisotopic (exact) mass is 469 g/mol. The minimum Gasteiger partial charge on any atom is -0.497 e. The molecule has 0 spiro atoms. The number of carbonyl (C=O) groups is 3. The van der Waals surface area contributed by atoms with E-state index >= 15 is 0 Å². The Labute approximate surface area is 195 Å². The molecule has 4 rings (SSSR count). The first-order valence-electron chi connectivity index (χ1n) is 10.1. The van der Waals surface area contributed by atoms with Crippen LogP contribution in [0.15, 0.2) is 58.6 Å². The molecule has 0 aromatic heterocycles. The van der Waals surface area contributed by atoms with E-state index < -0.39 is 23.9 Å². The largest absolute Gasteiger partial charge is 0.497 e. The molecule has 33 heavy (non-hydrogen) atoms. The predicted octanol–water partition coefficient (Wildman–Crippen LogP) is 2.94. The Bertz CT molecular complexity index is 1110. The molecule has 2 N–H and O–H groups in total. The molecular formula is C23H23N3O6S. The van der Waals surface area contributed by atoms with Crippen LogP contribution in [0.2, 0.25) is 0 Å². The van der Waals surface area contributed by atoms with Gasteiger partial charge >= 0.3 is 12.0 Å². The van der Waals surface area contributed by atoms with Gasteiger partial charge in [-0.15, -0.1) is 11.8 Å². The van der Waals surface area contributed by atoms with Crippen LogP contribution in [0.3, 0.4) is 0 Å². The van der Waals surface area contributed by atoms with Crippen molar-refractivity contribution >= 4 is 35.4 Å². The maximum Gasteiger partial charge on any atom is 0.338 e. The number of nitrogens with zero attached hydrogens (tertiary/aromatic N) is 1. The number of rotatable bonds is 7. The van der Waals surface area contributed by atoms with Crippen LogP contribution in [0.4, 0.5) is 10.5 Å². The number of cyclic esters (lactones) is 1. The fourth-order valence-electron chi connectivity index (χ4n) is 3.75. The maximum atomic E-state index is 12.9. The number of urea groups is 1. The van der Waals surface area contributed by atoms with E-state index in [2.05, 4.69) is 10.6 Å². The summed E-state index contributed by atoms with van der Waals surface area (Å²) in [6.07, 6.45) is 1.97. The lowest BCUT2D eigenvalue weighted by molar-refractivity contribution is -0.136. The number of anilines is 1. The topological polar surface area (TPSA) is 106 Å². The van der Waals surface area contributed by atoms with Crippen LogP contribution < -0.4 is 20.1 Å². The van der Waals surface area contributed by atoms with Crippen LogP contribution >= 0.6 is 11.8 Å². The first-order chi connectivity index (χ1) is 15.9. The van der Waals surface area contributed by atoms with Crippen LogP contribution in [0.5, 0.6) is 11.5 Å². The zero-order valence-electron chi connectivity index (χ0n) is 18.3. The minimum atomic E-state index is -0.639. The normalized spacial score (nSPS) is 17.3. The Morgan fingerprint density at radius 2 is 1.82 bits per heavy atom. The minimum absolute atomic E-state index is 0.0682. The molecule has 2 aliphatic rings. The van der Waals surface area contributed by atoms with E-state index in [1.165, 1.54) is 19.1 Å². The van der Waals surface area contributed by atoms with E-state index in [1.54, 1.807) is 30.0 Å². The Hall–Kier alpha value is -3.66. The van der Waals surface area contributed by atoms with Crippen molar-refractivity contribution in [2.45, 2.75) is 10.9 Å². The number of thioether (sulfide) groups is 1. The van der Waals surface area contributed by atoms with Gasteiger partial charge in [-0.05, 0) is 24.0 Å². The van der Waals surface area contributed by atoms with E-state index in [1.807, 2.05) is 30.5 Å². The fourth-order valence-corrected chi connectivity index (χ4v) is 4.16. The highest BCUT2D eigenvalue weighted by atomic mass is 32.2. The third kappa shape index (κ3) is 4.61. The van der Waals surface area contributed by atoms with Crippen LogP contribution in [0, 0.1) is 0 Å². The number of hydrogen-bond donors (Lipinski definition) is 2. The highest BCUT2D eigenvalue weighted by Gasteiger charge is 2.42. The Morgan fingerprint density at radius 1 is 1.15 bits per heavy atom. The van der Waals surface area contributed by atoms with Gasteiger partial charge in [0.15, 0.2) is 0 Å². The fraction of sp³-hybridized carbons (Fsp3) is 0.261. The van der Waals surface area contributed by atoms with Crippen molar-refractivity contribution in [3.8, 4) is 11.5 Å². The summed E-state index contributed by atoms with van der Waals surface area (Å²) in [5, 5.41) is 5.56. The van der Waals surface area contributed by atoms with Gasteiger partial charge in [-0.3, -0.25) is 9.69 Å². The molecule has 0 radical (unpaired) electrons. The van der Waals surface area contributed by atoms with Gasteiger partial charge in [0.25, 0.3) is 0 Å². The quantitative estimate of drug-likeness (QED) is 0.474. The SMILES string of the molecule is COc1cc(NC(=O)CN2C(=O)N[C@H](c3ccc(SC)cc3)C3=C2COC3=O)cc(OC)c1. The molecule has 3 amide bonds. The summed E-state index contributed by atoms with van der Waals surface area (Å²) in [5.41, 5.74) is 1.94. The predicted molar refractivity (Wildman–Crippen MR) is 122 cm³/mol. The molecule has 172 valence electrons. The van der Waals surface area contributed by atoms with Gasteiger partial charge in [0.1, 0.15) is 24.7 Å². The molecular weight excluding hydrogens is 446 g/mol. The molecule has 2 aromatic rings. The average Bonchev–Trinajstić information content (AvgIpc) is 3.21. The number of methoxy groups -OCH3 is 2. The number of carbonyl (C=O) groups excluding carboxylic acids is 3. The van der Waals surface area contributed by atoms with Gasteiger partial charge in [0, 0.05) is 28.8 Å². The second kappa shape index (κ2) is 9.45. The van der Waals surface area contributed by atoms with Crippen molar-refractivity contribution < 1.29 is 28.6 Å². The smallest absolute Gasteiger partial charge is 0.338 e. The van der Waals surface area contributed by atoms with Crippen molar-refractivity contribution in [2.24, 2.45) is 0 Å². The van der Waals surface area contributed by atoms with Crippen molar-refractivity contribution in [3.63, 3.8) is 0 Å². The summed E-state index contributed by atoms with van der Waals surface area (Å²) >= 11 is 1.60. The first-order valence-corrected chi connectivity index (χ1v) is 11.3. The van der Waals surface area contributed by atoms with Crippen LogP contribution in [-0.2, 0) is 14.3 Å². The van der Waals surface area contributed by atoms with Gasteiger partial charge in [0.05, 0.1) is 31.5 Å². The third-order valence-electron chi connectivity index (χ3n) is 5.38. The number of nitrogens with one attached hydrogen (secondary N) is 2. The first kappa shape index (κ1) is 22.5. The molecule has 0 bridgehead atoms. The molecule has 10 heteroatoms. The molecule has 0 aliphatic carbocycles. The molecule has 0 unspecified atom stereocenters. The molecule has 0 fully saturated rings. The van der Waals surface area contributed by atoms with E-state index in [4.69, 9.17) is 14.2 Å². The van der Waals surface area contributed by atoms with Gasteiger partial charge in [0.2, 0.25) is 5.91 Å². The zero-order valence-corrected chi connectivity index (χ0v) is 19.2. The number of amides is 3. The van der Waals surface area contributed by atoms with E-state index in [0.29, 0.717) is 28.5 Å². The Morgan fingerprint density at radius 3 is 2.42 bits per heavy atom. The lowest BCUT2D eigenvalue weighted by Gasteiger charge is -2.32. The Kier molecular flexibility index (Phi) is 6.45. The number of hydrogen-bond acceptors (Lipinski definition) is 7. The highest BCUT2D eigenvalue weighted by Crippen LogP contribution is 2.35. The van der Waals surface area contributed by atoms with Crippen molar-refractivity contribution in [3.05, 3.63) is 59.3 Å².